The third-order valence-corrected chi connectivity index (χ3v) is 27.4. The lowest BCUT2D eigenvalue weighted by molar-refractivity contribution is 0.581. The molecule has 0 radical (unpaired) electrons. The molecule has 74 heavy (non-hydrogen) atoms. The molecule has 4 unspecified atom stereocenters. The molecule has 11 aromatic carbocycles. The molecule has 0 saturated heterocycles. The summed E-state index contributed by atoms with van der Waals surface area (Å²) in [4.78, 5) is 0. The van der Waals surface area contributed by atoms with E-state index in [9.17, 15) is 0 Å². The molecule has 0 amide bonds. The van der Waals surface area contributed by atoms with Crippen molar-refractivity contribution in [1.29, 1.82) is 0 Å². The highest BCUT2D eigenvalue weighted by molar-refractivity contribution is 7.86. The number of allylic oxidation sites excluding steroid dienone is 4. The van der Waals surface area contributed by atoms with Gasteiger partial charge in [0, 0.05) is 64.0 Å². The van der Waals surface area contributed by atoms with Gasteiger partial charge in [0.15, 0.2) is 21.4 Å². The van der Waals surface area contributed by atoms with Crippen LogP contribution in [0.4, 0.5) is 0 Å². The standard InChI is InChI=1S/C66H50O4P4/c67-71(58-34-40-61(41-35-58)72(68,55-22-4-1-5-23-55)64-31-28-49-16-10-13-19-52(49)46-64,59-36-42-62(43-37-59)73(69,56-24-6-2-7-25-56)65-32-29-50-17-11-14-20-53(50)47-65)60-38-44-63(45-39-60)74(70,57-26-8-3-9-27-57)66-33-30-51-18-12-15-21-54(51)48-66/h1-44,46-48,63H,45H2. The smallest absolute Gasteiger partial charge is 0.171 e. The summed E-state index contributed by atoms with van der Waals surface area (Å²) in [6.45, 7) is 0. The molecule has 4 nitrogen and oxygen atoms in total. The van der Waals surface area contributed by atoms with Crippen LogP contribution in [0.25, 0.3) is 32.3 Å². The second-order valence-corrected chi connectivity index (χ2v) is 30.2. The fourth-order valence-electron chi connectivity index (χ4n) is 10.8. The summed E-state index contributed by atoms with van der Waals surface area (Å²) >= 11 is 0. The summed E-state index contributed by atoms with van der Waals surface area (Å²) in [6.07, 6.45) is 6.31. The van der Waals surface area contributed by atoms with Gasteiger partial charge in [-0.3, -0.25) is 0 Å². The summed E-state index contributed by atoms with van der Waals surface area (Å²) in [5.41, 5.74) is -0.412. The lowest BCUT2D eigenvalue weighted by atomic mass is 10.1. The molecule has 1 aliphatic rings. The van der Waals surface area contributed by atoms with Crippen LogP contribution in [0, 0.1) is 0 Å². The zero-order valence-corrected chi connectivity index (χ0v) is 43.9. The first-order valence-electron chi connectivity index (χ1n) is 24.8. The Morgan fingerprint density at radius 3 is 0.946 bits per heavy atom. The first-order chi connectivity index (χ1) is 36.2. The van der Waals surface area contributed by atoms with Crippen LogP contribution in [0.3, 0.4) is 0 Å². The molecule has 8 heteroatoms. The van der Waals surface area contributed by atoms with Gasteiger partial charge in [-0.15, -0.1) is 0 Å². The highest BCUT2D eigenvalue weighted by atomic mass is 31.2. The van der Waals surface area contributed by atoms with E-state index in [0.29, 0.717) is 54.2 Å². The Hall–Kier alpha value is -7.40. The lowest BCUT2D eigenvalue weighted by Crippen LogP contribution is -2.28. The monoisotopic (exact) mass is 1030 g/mol. The van der Waals surface area contributed by atoms with Crippen LogP contribution in [0.2, 0.25) is 0 Å². The first kappa shape index (κ1) is 47.6. The molecule has 0 aromatic heterocycles. The van der Waals surface area contributed by atoms with Crippen LogP contribution in [-0.2, 0) is 18.3 Å². The Morgan fingerprint density at radius 1 is 0.270 bits per heavy atom. The summed E-state index contributed by atoms with van der Waals surface area (Å²) in [5, 5.41) is 13.5. The van der Waals surface area contributed by atoms with E-state index in [0.717, 1.165) is 42.9 Å². The van der Waals surface area contributed by atoms with E-state index in [1.807, 2.05) is 255 Å². The van der Waals surface area contributed by atoms with E-state index in [1.54, 1.807) is 0 Å². The third-order valence-electron chi connectivity index (χ3n) is 14.7. The number of hydrogen-bond acceptors (Lipinski definition) is 4. The van der Waals surface area contributed by atoms with Crippen LogP contribution in [0.15, 0.2) is 290 Å². The lowest BCUT2D eigenvalue weighted by Gasteiger charge is -2.30. The molecule has 0 aliphatic heterocycles. The van der Waals surface area contributed by atoms with Gasteiger partial charge in [-0.2, -0.15) is 0 Å². The van der Waals surface area contributed by atoms with Gasteiger partial charge in [0.25, 0.3) is 0 Å². The zero-order valence-electron chi connectivity index (χ0n) is 40.3. The average Bonchev–Trinajstić information content (AvgIpc) is 3.48. The second-order valence-electron chi connectivity index (χ2n) is 18.9. The minimum absolute atomic E-state index is 0.376. The maximum absolute atomic E-state index is 16.8. The van der Waals surface area contributed by atoms with Gasteiger partial charge in [-0.05, 0) is 56.9 Å². The summed E-state index contributed by atoms with van der Waals surface area (Å²) in [5.74, 6) is 0. The predicted molar refractivity (Wildman–Crippen MR) is 316 cm³/mol. The quantitative estimate of drug-likeness (QED) is 0.114. The van der Waals surface area contributed by atoms with Crippen LogP contribution in [-0.4, -0.2) is 5.66 Å². The Morgan fingerprint density at radius 2 is 0.568 bits per heavy atom. The Balaban J connectivity index is 0.991. The van der Waals surface area contributed by atoms with Crippen molar-refractivity contribution in [3.8, 4) is 0 Å². The molecular formula is C66H50O4P4. The highest BCUT2D eigenvalue weighted by Gasteiger charge is 2.40. The Bertz CT molecular complexity index is 3990. The molecule has 358 valence electrons. The van der Waals surface area contributed by atoms with Gasteiger partial charge >= 0.3 is 0 Å². The predicted octanol–water partition coefficient (Wildman–Crippen LogP) is 13.0. The fraction of sp³-hybridized carbons (Fsp3) is 0.0303. The zero-order chi connectivity index (χ0) is 50.3. The minimum atomic E-state index is -3.75. The van der Waals surface area contributed by atoms with Gasteiger partial charge in [0.2, 0.25) is 0 Å². The molecule has 12 rings (SSSR count). The van der Waals surface area contributed by atoms with E-state index in [4.69, 9.17) is 0 Å². The van der Waals surface area contributed by atoms with Gasteiger partial charge < -0.3 is 18.3 Å². The molecule has 0 N–H and O–H groups in total. The fourth-order valence-corrected chi connectivity index (χ4v) is 21.8. The Labute approximate surface area is 432 Å². The number of rotatable bonds is 12. The molecule has 0 bridgehead atoms. The molecule has 0 heterocycles. The van der Waals surface area contributed by atoms with Crippen molar-refractivity contribution in [2.45, 2.75) is 12.1 Å². The van der Waals surface area contributed by atoms with Gasteiger partial charge in [0.05, 0.1) is 0 Å². The van der Waals surface area contributed by atoms with Gasteiger partial charge in [-0.25, -0.2) is 0 Å². The molecule has 0 fully saturated rings. The molecule has 4 atom stereocenters. The van der Waals surface area contributed by atoms with Crippen molar-refractivity contribution in [1.82, 2.24) is 0 Å². The van der Waals surface area contributed by atoms with E-state index in [-0.39, 0.29) is 0 Å². The largest absolute Gasteiger partial charge is 0.313 e. The van der Waals surface area contributed by atoms with Crippen LogP contribution in [0.5, 0.6) is 0 Å². The number of benzene rings is 11. The van der Waals surface area contributed by atoms with Crippen LogP contribution >= 0.6 is 28.6 Å². The van der Waals surface area contributed by atoms with Gasteiger partial charge in [-0.1, -0.05) is 267 Å². The molecule has 1 aliphatic carbocycles. The van der Waals surface area contributed by atoms with Crippen molar-refractivity contribution in [2.75, 3.05) is 0 Å². The SMILES string of the molecule is O=P(C1=CCC(P(=O)(c2ccccc2)c2ccc3ccccc3c2)C=C1)(c1ccc(P(=O)(c2ccccc2)c2ccc3ccccc3c2)cc1)c1ccc(P(=O)(c2ccccc2)c2ccc3ccccc3c2)cc1. The summed E-state index contributed by atoms with van der Waals surface area (Å²) in [7, 11) is -13.9. The Kier molecular flexibility index (Phi) is 12.5. The molecular weight excluding hydrogens is 981 g/mol. The van der Waals surface area contributed by atoms with Crippen molar-refractivity contribution >= 4 is 114 Å². The van der Waals surface area contributed by atoms with Crippen molar-refractivity contribution < 1.29 is 18.3 Å². The average molecular weight is 1030 g/mol. The van der Waals surface area contributed by atoms with E-state index in [1.165, 1.54) is 0 Å². The van der Waals surface area contributed by atoms with Crippen LogP contribution in [0.1, 0.15) is 6.42 Å². The van der Waals surface area contributed by atoms with Crippen molar-refractivity contribution in [3.05, 3.63) is 290 Å². The molecule has 11 aromatic rings. The summed E-state index contributed by atoms with van der Waals surface area (Å²) < 4.78 is 64.6. The highest BCUT2D eigenvalue weighted by Crippen LogP contribution is 2.58. The van der Waals surface area contributed by atoms with E-state index in [2.05, 4.69) is 30.3 Å². The topological polar surface area (TPSA) is 68.3 Å². The summed E-state index contributed by atoms with van der Waals surface area (Å²) in [6, 6.07) is 86.3. The maximum atomic E-state index is 16.8. The van der Waals surface area contributed by atoms with Crippen molar-refractivity contribution in [3.63, 3.8) is 0 Å². The van der Waals surface area contributed by atoms with Gasteiger partial charge in [0.1, 0.15) is 7.14 Å². The molecule has 0 spiro atoms. The first-order valence-corrected chi connectivity index (χ1v) is 31.7. The molecule has 0 saturated carbocycles. The van der Waals surface area contributed by atoms with Crippen LogP contribution < -0.4 is 53.0 Å². The minimum Gasteiger partial charge on any atom is -0.313 e. The normalized spacial score (nSPS) is 16.9. The number of hydrogen-bond donors (Lipinski definition) is 0. The second kappa shape index (κ2) is 19.5. The van der Waals surface area contributed by atoms with Crippen molar-refractivity contribution in [2.24, 2.45) is 0 Å². The number of fused-ring (bicyclic) bond motifs is 3. The van der Waals surface area contributed by atoms with E-state index < -0.39 is 34.2 Å². The third kappa shape index (κ3) is 8.19. The maximum Gasteiger partial charge on any atom is 0.171 e. The van der Waals surface area contributed by atoms with E-state index >= 15 is 18.3 Å².